The Morgan fingerprint density at radius 2 is 1.79 bits per heavy atom. The molecule has 4 aromatic rings. The van der Waals surface area contributed by atoms with Crippen LogP contribution >= 0.6 is 0 Å². The third-order valence-electron chi connectivity index (χ3n) is 5.52. The minimum atomic E-state index is -3.28. The van der Waals surface area contributed by atoms with Gasteiger partial charge in [-0.15, -0.1) is 0 Å². The Balaban J connectivity index is 1.55. The van der Waals surface area contributed by atoms with Gasteiger partial charge in [-0.1, -0.05) is 72.4 Å². The molecule has 0 bridgehead atoms. The summed E-state index contributed by atoms with van der Waals surface area (Å²) in [4.78, 5) is 4.49. The minimum Gasteiger partial charge on any atom is -0.390 e. The molecule has 0 fully saturated rings. The zero-order valence-electron chi connectivity index (χ0n) is 19.0. The first-order chi connectivity index (χ1) is 15.6. The average molecular weight is 469 g/mol. The van der Waals surface area contributed by atoms with Crippen molar-refractivity contribution >= 4 is 13.3 Å². The fraction of sp³-hybridized carbons (Fsp3) is 0.292. The first-order valence-corrected chi connectivity index (χ1v) is 14.1. The van der Waals surface area contributed by atoms with Crippen LogP contribution < -0.4 is 5.19 Å². The standard InChI is InChI=1S/C24H26F2N4O2Si/c1-16-12-21(28-30(16)14-17-6-5-7-19(13-17)24(25,26)15-31)23-27-22(29-32-23)18-8-10-20(11-9-18)33(2,3)4/h5-13,31H,14-15H2,1-4H3. The van der Waals surface area contributed by atoms with Crippen LogP contribution in [0.3, 0.4) is 0 Å². The number of rotatable bonds is 7. The predicted molar refractivity (Wildman–Crippen MR) is 125 cm³/mol. The van der Waals surface area contributed by atoms with Crippen molar-refractivity contribution < 1.29 is 18.4 Å². The quantitative estimate of drug-likeness (QED) is 0.402. The summed E-state index contributed by atoms with van der Waals surface area (Å²) in [5.74, 6) is -2.51. The van der Waals surface area contributed by atoms with E-state index in [0.717, 1.165) is 11.3 Å². The van der Waals surface area contributed by atoms with Gasteiger partial charge in [0.25, 0.3) is 11.8 Å². The highest BCUT2D eigenvalue weighted by atomic mass is 28.3. The highest BCUT2D eigenvalue weighted by Crippen LogP contribution is 2.28. The Labute approximate surface area is 191 Å². The van der Waals surface area contributed by atoms with E-state index in [1.807, 2.05) is 25.1 Å². The molecule has 0 amide bonds. The number of aryl methyl sites for hydroxylation is 1. The van der Waals surface area contributed by atoms with Crippen LogP contribution in [-0.2, 0) is 12.5 Å². The summed E-state index contributed by atoms with van der Waals surface area (Å²) in [6, 6.07) is 16.0. The van der Waals surface area contributed by atoms with E-state index >= 15 is 0 Å². The minimum absolute atomic E-state index is 0.228. The number of aliphatic hydroxyl groups excluding tert-OH is 1. The van der Waals surface area contributed by atoms with Gasteiger partial charge in [0.1, 0.15) is 6.61 Å². The van der Waals surface area contributed by atoms with E-state index in [2.05, 4.69) is 47.0 Å². The third-order valence-corrected chi connectivity index (χ3v) is 7.58. The number of halogens is 2. The molecule has 2 heterocycles. The molecule has 6 nitrogen and oxygen atoms in total. The van der Waals surface area contributed by atoms with Crippen LogP contribution in [0.25, 0.3) is 23.0 Å². The average Bonchev–Trinajstić information content (AvgIpc) is 3.41. The van der Waals surface area contributed by atoms with Crippen LogP contribution in [0.5, 0.6) is 0 Å². The lowest BCUT2D eigenvalue weighted by Crippen LogP contribution is -2.37. The second-order valence-corrected chi connectivity index (χ2v) is 14.2. The van der Waals surface area contributed by atoms with Crippen molar-refractivity contribution in [2.75, 3.05) is 6.61 Å². The summed E-state index contributed by atoms with van der Waals surface area (Å²) in [5.41, 5.74) is 2.62. The molecule has 0 saturated heterocycles. The monoisotopic (exact) mass is 468 g/mol. The molecule has 0 aliphatic carbocycles. The maximum Gasteiger partial charge on any atom is 0.295 e. The summed E-state index contributed by atoms with van der Waals surface area (Å²) in [6.07, 6.45) is 0. The van der Waals surface area contributed by atoms with Crippen LogP contribution in [0, 0.1) is 6.92 Å². The molecule has 0 saturated carbocycles. The van der Waals surface area contributed by atoms with Crippen LogP contribution in [0.1, 0.15) is 16.8 Å². The smallest absolute Gasteiger partial charge is 0.295 e. The first-order valence-electron chi connectivity index (χ1n) is 10.6. The third kappa shape index (κ3) is 4.94. The Bertz CT molecular complexity index is 1260. The number of aromatic nitrogens is 4. The van der Waals surface area contributed by atoms with E-state index in [1.165, 1.54) is 17.3 Å². The lowest BCUT2D eigenvalue weighted by atomic mass is 10.1. The predicted octanol–water partition coefficient (Wildman–Crippen LogP) is 4.59. The largest absolute Gasteiger partial charge is 0.390 e. The summed E-state index contributed by atoms with van der Waals surface area (Å²) in [5, 5.41) is 18.9. The van der Waals surface area contributed by atoms with Gasteiger partial charge in [-0.2, -0.15) is 18.9 Å². The van der Waals surface area contributed by atoms with Crippen LogP contribution in [0.15, 0.2) is 59.1 Å². The lowest BCUT2D eigenvalue weighted by Gasteiger charge is -2.16. The van der Waals surface area contributed by atoms with Gasteiger partial charge in [0, 0.05) is 16.8 Å². The fourth-order valence-corrected chi connectivity index (χ4v) is 4.67. The van der Waals surface area contributed by atoms with Gasteiger partial charge < -0.3 is 9.63 Å². The number of aliphatic hydroxyl groups is 1. The molecule has 0 unspecified atom stereocenters. The van der Waals surface area contributed by atoms with Gasteiger partial charge in [0.05, 0.1) is 14.6 Å². The molecular formula is C24H26F2N4O2Si. The topological polar surface area (TPSA) is 77.0 Å². The first kappa shape index (κ1) is 23.0. The Morgan fingerprint density at radius 1 is 1.06 bits per heavy atom. The number of nitrogens with zero attached hydrogens (tertiary/aromatic N) is 4. The molecular weight excluding hydrogens is 442 g/mol. The summed E-state index contributed by atoms with van der Waals surface area (Å²) in [6.45, 7) is 7.81. The van der Waals surface area contributed by atoms with Gasteiger partial charge in [0.15, 0.2) is 5.69 Å². The van der Waals surface area contributed by atoms with E-state index in [9.17, 15) is 8.78 Å². The maximum absolute atomic E-state index is 13.8. The molecule has 0 aliphatic heterocycles. The number of alkyl halides is 2. The lowest BCUT2D eigenvalue weighted by molar-refractivity contribution is -0.0556. The van der Waals surface area contributed by atoms with Gasteiger partial charge in [-0.3, -0.25) is 4.68 Å². The summed E-state index contributed by atoms with van der Waals surface area (Å²) < 4.78 is 34.8. The Kier molecular flexibility index (Phi) is 6.02. The second-order valence-electron chi connectivity index (χ2n) is 9.14. The van der Waals surface area contributed by atoms with Crippen molar-refractivity contribution in [1.29, 1.82) is 0 Å². The molecule has 0 spiro atoms. The van der Waals surface area contributed by atoms with Gasteiger partial charge >= 0.3 is 0 Å². The van der Waals surface area contributed by atoms with Crippen molar-refractivity contribution in [1.82, 2.24) is 19.9 Å². The summed E-state index contributed by atoms with van der Waals surface area (Å²) in [7, 11) is -1.39. The van der Waals surface area contributed by atoms with Crippen molar-refractivity contribution in [3.63, 3.8) is 0 Å². The van der Waals surface area contributed by atoms with E-state index < -0.39 is 20.6 Å². The van der Waals surface area contributed by atoms with Crippen LogP contribution in [0.4, 0.5) is 8.78 Å². The van der Waals surface area contributed by atoms with E-state index in [0.29, 0.717) is 29.5 Å². The van der Waals surface area contributed by atoms with Crippen molar-refractivity contribution in [2.45, 2.75) is 39.0 Å². The zero-order valence-corrected chi connectivity index (χ0v) is 20.0. The van der Waals surface area contributed by atoms with Crippen molar-refractivity contribution in [2.24, 2.45) is 0 Å². The highest BCUT2D eigenvalue weighted by Gasteiger charge is 2.30. The second kappa shape index (κ2) is 8.64. The van der Waals surface area contributed by atoms with Gasteiger partial charge in [-0.05, 0) is 24.6 Å². The molecule has 2 aromatic heterocycles. The number of benzene rings is 2. The summed E-state index contributed by atoms with van der Waals surface area (Å²) >= 11 is 0. The Hall–Kier alpha value is -3.17. The maximum atomic E-state index is 13.8. The fourth-order valence-electron chi connectivity index (χ4n) is 3.50. The molecule has 4 rings (SSSR count). The van der Waals surface area contributed by atoms with Gasteiger partial charge in [0.2, 0.25) is 5.82 Å². The van der Waals surface area contributed by atoms with E-state index in [-0.39, 0.29) is 5.56 Å². The van der Waals surface area contributed by atoms with Crippen LogP contribution in [0.2, 0.25) is 19.6 Å². The van der Waals surface area contributed by atoms with Gasteiger partial charge in [-0.25, -0.2) is 0 Å². The molecule has 2 aromatic carbocycles. The van der Waals surface area contributed by atoms with E-state index in [4.69, 9.17) is 9.63 Å². The molecule has 33 heavy (non-hydrogen) atoms. The SMILES string of the molecule is Cc1cc(-c2nc(-c3ccc([Si](C)(C)C)cc3)no2)nn1Cc1cccc(C(F)(F)CO)c1. The van der Waals surface area contributed by atoms with Crippen LogP contribution in [-0.4, -0.2) is 39.7 Å². The number of hydrogen-bond acceptors (Lipinski definition) is 5. The molecule has 0 atom stereocenters. The van der Waals surface area contributed by atoms with Crippen molar-refractivity contribution in [3.05, 3.63) is 71.4 Å². The number of hydrogen-bond donors (Lipinski definition) is 1. The highest BCUT2D eigenvalue weighted by molar-refractivity contribution is 6.88. The molecule has 172 valence electrons. The van der Waals surface area contributed by atoms with E-state index in [1.54, 1.807) is 16.8 Å². The Morgan fingerprint density at radius 3 is 2.45 bits per heavy atom. The molecule has 1 N–H and O–H groups in total. The molecule has 9 heteroatoms. The molecule has 0 aliphatic rings. The normalized spacial score (nSPS) is 12.3. The molecule has 0 radical (unpaired) electrons. The van der Waals surface area contributed by atoms with Crippen molar-refractivity contribution in [3.8, 4) is 23.0 Å². The zero-order chi connectivity index (χ0) is 23.8.